The van der Waals surface area contributed by atoms with Gasteiger partial charge in [-0.1, -0.05) is 11.6 Å². The average molecular weight is 232 g/mol. The quantitative estimate of drug-likeness (QED) is 0.556. The lowest BCUT2D eigenvalue weighted by atomic mass is 10.2. The van der Waals surface area contributed by atoms with Gasteiger partial charge in [-0.15, -0.1) is 11.3 Å². The Hall–Kier alpha value is -1.20. The molecule has 1 aromatic heterocycles. The monoisotopic (exact) mass is 231 g/mol. The van der Waals surface area contributed by atoms with Crippen molar-refractivity contribution in [1.82, 2.24) is 0 Å². The summed E-state index contributed by atoms with van der Waals surface area (Å²) in [4.78, 5) is 9.66. The van der Waals surface area contributed by atoms with Gasteiger partial charge in [0.05, 0.1) is 15.3 Å². The molecule has 2 aromatic rings. The molecule has 0 aliphatic carbocycles. The highest BCUT2D eigenvalue weighted by Crippen LogP contribution is 2.35. The minimum absolute atomic E-state index is 0.130. The van der Waals surface area contributed by atoms with Gasteiger partial charge in [0, 0.05) is 16.1 Å². The smallest absolute Gasteiger partial charge is 0.258 e. The zero-order valence-corrected chi connectivity index (χ0v) is 8.23. The molecule has 0 saturated carbocycles. The van der Waals surface area contributed by atoms with Crippen molar-refractivity contribution >= 4 is 38.7 Å². The molecule has 14 heavy (non-hydrogen) atoms. The Kier molecular flexibility index (Phi) is 2.13. The maximum Gasteiger partial charge on any atom is 0.305 e. The average Bonchev–Trinajstić information content (AvgIpc) is 2.48. The van der Waals surface area contributed by atoms with Crippen molar-refractivity contribution < 1.29 is 9.31 Å². The fraction of sp³-hybridized carbons (Fsp3) is 0. The molecule has 0 radical (unpaired) electrons. The van der Waals surface area contributed by atoms with E-state index in [0.29, 0.717) is 4.70 Å². The Morgan fingerprint density at radius 2 is 2.21 bits per heavy atom. The largest absolute Gasteiger partial charge is 0.305 e. The first kappa shape index (κ1) is 9.36. The molecule has 0 unspecified atom stereocenters. The van der Waals surface area contributed by atoms with Gasteiger partial charge < -0.3 is 0 Å². The topological polar surface area (TPSA) is 43.1 Å². The molecule has 0 aliphatic heterocycles. The number of fused-ring (bicyclic) bond motifs is 1. The molecule has 6 heteroatoms. The van der Waals surface area contributed by atoms with Gasteiger partial charge in [0.15, 0.2) is 0 Å². The van der Waals surface area contributed by atoms with Crippen molar-refractivity contribution in [2.45, 2.75) is 0 Å². The summed E-state index contributed by atoms with van der Waals surface area (Å²) in [5.41, 5.74) is -0.544. The van der Waals surface area contributed by atoms with Crippen molar-refractivity contribution in [3.8, 4) is 0 Å². The Balaban J connectivity index is 2.86. The zero-order chi connectivity index (χ0) is 10.3. The molecule has 0 bridgehead atoms. The van der Waals surface area contributed by atoms with Crippen LogP contribution >= 0.6 is 22.9 Å². The second-order valence-electron chi connectivity index (χ2n) is 2.61. The second kappa shape index (κ2) is 3.18. The van der Waals surface area contributed by atoms with Crippen LogP contribution in [0.3, 0.4) is 0 Å². The highest BCUT2D eigenvalue weighted by molar-refractivity contribution is 7.17. The SMILES string of the molecule is O=[N+]([O-])c1ccc2scc(Cl)c2c1F. The molecule has 0 amide bonds. The maximum atomic E-state index is 13.5. The van der Waals surface area contributed by atoms with E-state index in [1.54, 1.807) is 5.38 Å². The molecule has 0 fully saturated rings. The van der Waals surface area contributed by atoms with Gasteiger partial charge in [-0.2, -0.15) is 4.39 Å². The maximum absolute atomic E-state index is 13.5. The summed E-state index contributed by atoms with van der Waals surface area (Å²) in [6, 6.07) is 2.64. The van der Waals surface area contributed by atoms with Crippen LogP contribution in [0.2, 0.25) is 5.02 Å². The number of hydrogen-bond acceptors (Lipinski definition) is 3. The number of halogens is 2. The fourth-order valence-electron chi connectivity index (χ4n) is 1.18. The lowest BCUT2D eigenvalue weighted by Crippen LogP contribution is -1.91. The third kappa shape index (κ3) is 1.25. The minimum atomic E-state index is -0.862. The highest BCUT2D eigenvalue weighted by Gasteiger charge is 2.19. The Labute approximate surface area is 86.9 Å². The van der Waals surface area contributed by atoms with E-state index in [4.69, 9.17) is 11.6 Å². The van der Waals surface area contributed by atoms with Crippen LogP contribution in [0.25, 0.3) is 10.1 Å². The number of nitrogens with zero attached hydrogens (tertiary/aromatic N) is 1. The summed E-state index contributed by atoms with van der Waals surface area (Å²) in [6.07, 6.45) is 0. The molecule has 1 aromatic carbocycles. The predicted molar refractivity (Wildman–Crippen MR) is 53.4 cm³/mol. The predicted octanol–water partition coefficient (Wildman–Crippen LogP) is 3.60. The first-order chi connectivity index (χ1) is 6.61. The van der Waals surface area contributed by atoms with Gasteiger partial charge in [-0.25, -0.2) is 0 Å². The van der Waals surface area contributed by atoms with E-state index < -0.39 is 16.4 Å². The van der Waals surface area contributed by atoms with Crippen LogP contribution in [0.15, 0.2) is 17.5 Å². The lowest BCUT2D eigenvalue weighted by molar-refractivity contribution is -0.387. The van der Waals surface area contributed by atoms with Crippen molar-refractivity contribution in [3.05, 3.63) is 38.5 Å². The number of thiophene rings is 1. The fourth-order valence-corrected chi connectivity index (χ4v) is 2.37. The molecular formula is C8H3ClFNO2S. The van der Waals surface area contributed by atoms with Crippen LogP contribution in [0, 0.1) is 15.9 Å². The number of rotatable bonds is 1. The van der Waals surface area contributed by atoms with E-state index in [1.165, 1.54) is 17.4 Å². The van der Waals surface area contributed by atoms with Crippen molar-refractivity contribution in [2.24, 2.45) is 0 Å². The Morgan fingerprint density at radius 3 is 2.86 bits per heavy atom. The van der Waals surface area contributed by atoms with Crippen LogP contribution in [0.5, 0.6) is 0 Å². The molecular weight excluding hydrogens is 229 g/mol. The number of nitro benzene ring substituents is 1. The van der Waals surface area contributed by atoms with Crippen molar-refractivity contribution in [3.63, 3.8) is 0 Å². The Morgan fingerprint density at radius 1 is 1.50 bits per heavy atom. The highest BCUT2D eigenvalue weighted by atomic mass is 35.5. The van der Waals surface area contributed by atoms with Crippen LogP contribution in [0.4, 0.5) is 10.1 Å². The summed E-state index contributed by atoms with van der Waals surface area (Å²) >= 11 is 6.96. The molecule has 0 atom stereocenters. The lowest BCUT2D eigenvalue weighted by Gasteiger charge is -1.95. The molecule has 2 rings (SSSR count). The Bertz CT molecular complexity index is 525. The molecule has 72 valence electrons. The van der Waals surface area contributed by atoms with Crippen molar-refractivity contribution in [2.75, 3.05) is 0 Å². The van der Waals surface area contributed by atoms with E-state index >= 15 is 0 Å². The number of nitro groups is 1. The second-order valence-corrected chi connectivity index (χ2v) is 3.93. The first-order valence-corrected chi connectivity index (χ1v) is 4.86. The summed E-state index contributed by atoms with van der Waals surface area (Å²) in [7, 11) is 0. The molecule has 3 nitrogen and oxygen atoms in total. The number of hydrogen-bond donors (Lipinski definition) is 0. The summed E-state index contributed by atoms with van der Waals surface area (Å²) in [5, 5.41) is 12.3. The van der Waals surface area contributed by atoms with Gasteiger partial charge in [0.1, 0.15) is 0 Å². The first-order valence-electron chi connectivity index (χ1n) is 3.61. The van der Waals surface area contributed by atoms with Crippen molar-refractivity contribution in [1.29, 1.82) is 0 Å². The number of benzene rings is 1. The third-order valence-corrected chi connectivity index (χ3v) is 3.18. The molecule has 0 spiro atoms. The van der Waals surface area contributed by atoms with Crippen LogP contribution < -0.4 is 0 Å². The van der Waals surface area contributed by atoms with Crippen LogP contribution in [-0.2, 0) is 0 Å². The van der Waals surface area contributed by atoms with Crippen LogP contribution in [0.1, 0.15) is 0 Å². The molecule has 0 aliphatic rings. The minimum Gasteiger partial charge on any atom is -0.258 e. The van der Waals surface area contributed by atoms with E-state index in [9.17, 15) is 14.5 Å². The zero-order valence-electron chi connectivity index (χ0n) is 6.66. The standard InChI is InChI=1S/C8H3ClFNO2S/c9-4-3-14-6-2-1-5(11(12)13)8(10)7(4)6/h1-3H. The molecule has 1 heterocycles. The molecule has 0 saturated heterocycles. The van der Waals surface area contributed by atoms with Gasteiger partial charge >= 0.3 is 5.69 Å². The third-order valence-electron chi connectivity index (χ3n) is 1.81. The summed E-state index contributed by atoms with van der Waals surface area (Å²) in [6.45, 7) is 0. The normalized spacial score (nSPS) is 10.7. The van der Waals surface area contributed by atoms with Gasteiger partial charge in [-0.3, -0.25) is 10.1 Å². The van der Waals surface area contributed by atoms with Gasteiger partial charge in [0.25, 0.3) is 0 Å². The van der Waals surface area contributed by atoms with Gasteiger partial charge in [-0.05, 0) is 6.07 Å². The summed E-state index contributed by atoms with van der Waals surface area (Å²) < 4.78 is 14.1. The van der Waals surface area contributed by atoms with E-state index in [0.717, 1.165) is 6.07 Å². The van der Waals surface area contributed by atoms with Crippen LogP contribution in [-0.4, -0.2) is 4.92 Å². The van der Waals surface area contributed by atoms with E-state index in [2.05, 4.69) is 0 Å². The van der Waals surface area contributed by atoms with E-state index in [-0.39, 0.29) is 10.4 Å². The molecule has 0 N–H and O–H groups in total. The summed E-state index contributed by atoms with van der Waals surface area (Å²) in [5.74, 6) is -0.862. The van der Waals surface area contributed by atoms with Gasteiger partial charge in [0.2, 0.25) is 5.82 Å². The van der Waals surface area contributed by atoms with E-state index in [1.807, 2.05) is 0 Å².